The molecule has 22 heavy (non-hydrogen) atoms. The summed E-state index contributed by atoms with van der Waals surface area (Å²) in [4.78, 5) is 18.6. The number of pyridine rings is 1. The summed E-state index contributed by atoms with van der Waals surface area (Å²) in [6, 6.07) is 11.5. The molecule has 0 aliphatic carbocycles. The van der Waals surface area contributed by atoms with E-state index in [1.54, 1.807) is 19.5 Å². The first-order valence-corrected chi connectivity index (χ1v) is 7.37. The Morgan fingerprint density at radius 1 is 1.32 bits per heavy atom. The van der Waals surface area contributed by atoms with Gasteiger partial charge in [-0.2, -0.15) is 0 Å². The third-order valence-corrected chi connectivity index (χ3v) is 3.85. The van der Waals surface area contributed by atoms with Crippen molar-refractivity contribution in [2.75, 3.05) is 25.5 Å². The molecule has 114 valence electrons. The van der Waals surface area contributed by atoms with E-state index < -0.39 is 0 Å². The highest BCUT2D eigenvalue weighted by Crippen LogP contribution is 2.22. The number of para-hydroxylation sites is 1. The van der Waals surface area contributed by atoms with Gasteiger partial charge in [-0.1, -0.05) is 12.1 Å². The van der Waals surface area contributed by atoms with E-state index in [4.69, 9.17) is 4.74 Å². The second-order valence-electron chi connectivity index (χ2n) is 5.32. The van der Waals surface area contributed by atoms with Gasteiger partial charge < -0.3 is 15.0 Å². The molecule has 1 atom stereocenters. The summed E-state index contributed by atoms with van der Waals surface area (Å²) in [5.74, 6) is 0.643. The van der Waals surface area contributed by atoms with E-state index in [0.29, 0.717) is 17.9 Å². The van der Waals surface area contributed by atoms with Crippen LogP contribution in [0, 0.1) is 0 Å². The first kappa shape index (κ1) is 14.4. The molecule has 3 rings (SSSR count). The summed E-state index contributed by atoms with van der Waals surface area (Å²) in [5.41, 5.74) is 1.60. The van der Waals surface area contributed by atoms with Crippen LogP contribution in [0.5, 0.6) is 5.75 Å². The van der Waals surface area contributed by atoms with Crippen molar-refractivity contribution in [3.63, 3.8) is 0 Å². The number of likely N-dealkylation sites (tertiary alicyclic amines) is 1. The molecule has 5 nitrogen and oxygen atoms in total. The second kappa shape index (κ2) is 6.47. The Hall–Kier alpha value is -2.56. The average Bonchev–Trinajstić information content (AvgIpc) is 3.03. The Bertz CT molecular complexity index is 645. The van der Waals surface area contributed by atoms with Crippen LogP contribution in [-0.2, 0) is 0 Å². The smallest absolute Gasteiger partial charge is 0.257 e. The van der Waals surface area contributed by atoms with Gasteiger partial charge >= 0.3 is 0 Å². The van der Waals surface area contributed by atoms with E-state index in [1.165, 1.54) is 0 Å². The largest absolute Gasteiger partial charge is 0.496 e. The van der Waals surface area contributed by atoms with E-state index in [0.717, 1.165) is 18.7 Å². The molecule has 1 N–H and O–H groups in total. The topological polar surface area (TPSA) is 54.5 Å². The molecule has 2 heterocycles. The molecule has 1 unspecified atom stereocenters. The van der Waals surface area contributed by atoms with E-state index in [-0.39, 0.29) is 11.9 Å². The maximum absolute atomic E-state index is 12.6. The monoisotopic (exact) mass is 297 g/mol. The zero-order valence-corrected chi connectivity index (χ0v) is 12.5. The third-order valence-electron chi connectivity index (χ3n) is 3.85. The molecule has 5 heteroatoms. The highest BCUT2D eigenvalue weighted by molar-refractivity contribution is 5.97. The van der Waals surface area contributed by atoms with Crippen molar-refractivity contribution in [1.29, 1.82) is 0 Å². The minimum atomic E-state index is 0.0212. The number of carbonyl (C=O) groups is 1. The Kier molecular flexibility index (Phi) is 4.23. The lowest BCUT2D eigenvalue weighted by atomic mass is 10.2. The molecule has 0 bridgehead atoms. The van der Waals surface area contributed by atoms with Gasteiger partial charge in [0.05, 0.1) is 18.4 Å². The highest BCUT2D eigenvalue weighted by atomic mass is 16.5. The number of carbonyl (C=O) groups excluding carboxylic acids is 1. The van der Waals surface area contributed by atoms with Crippen molar-refractivity contribution in [2.45, 2.75) is 12.5 Å². The summed E-state index contributed by atoms with van der Waals surface area (Å²) in [6.45, 7) is 1.43. The van der Waals surface area contributed by atoms with Crippen LogP contribution in [0.3, 0.4) is 0 Å². The standard InChI is InChI=1S/C17H19N3O2/c1-22-16-7-3-2-6-15(16)17(21)20-10-8-14(12-20)19-13-5-4-9-18-11-13/h2-7,9,11,14,19H,8,10,12H2,1H3. The van der Waals surface area contributed by atoms with Gasteiger partial charge in [-0.15, -0.1) is 0 Å². The molecule has 0 radical (unpaired) electrons. The van der Waals surface area contributed by atoms with Gasteiger partial charge in [-0.05, 0) is 30.7 Å². The van der Waals surface area contributed by atoms with Crippen LogP contribution in [0.15, 0.2) is 48.8 Å². The Morgan fingerprint density at radius 3 is 2.95 bits per heavy atom. The zero-order valence-electron chi connectivity index (χ0n) is 12.5. The lowest BCUT2D eigenvalue weighted by Gasteiger charge is -2.19. The van der Waals surface area contributed by atoms with Crippen LogP contribution in [-0.4, -0.2) is 42.0 Å². The molecule has 1 fully saturated rings. The maximum Gasteiger partial charge on any atom is 0.257 e. The van der Waals surface area contributed by atoms with E-state index in [2.05, 4.69) is 10.3 Å². The molecule has 1 aromatic carbocycles. The molecule has 1 amide bonds. The molecule has 1 aliphatic rings. The summed E-state index contributed by atoms with van der Waals surface area (Å²) in [6.07, 6.45) is 4.47. The van der Waals surface area contributed by atoms with Gasteiger partial charge in [-0.25, -0.2) is 0 Å². The number of hydrogen-bond acceptors (Lipinski definition) is 4. The number of amides is 1. The molecule has 2 aromatic rings. The lowest BCUT2D eigenvalue weighted by Crippen LogP contribution is -2.31. The number of rotatable bonds is 4. The molecule has 0 spiro atoms. The van der Waals surface area contributed by atoms with Crippen molar-refractivity contribution in [2.24, 2.45) is 0 Å². The number of benzene rings is 1. The molecule has 1 aromatic heterocycles. The minimum Gasteiger partial charge on any atom is -0.496 e. The number of aromatic nitrogens is 1. The second-order valence-corrected chi connectivity index (χ2v) is 5.32. The Morgan fingerprint density at radius 2 is 2.18 bits per heavy atom. The number of hydrogen-bond donors (Lipinski definition) is 1. The molecular weight excluding hydrogens is 278 g/mol. The normalized spacial score (nSPS) is 17.3. The quantitative estimate of drug-likeness (QED) is 0.941. The molecular formula is C17H19N3O2. The van der Waals surface area contributed by atoms with Crippen LogP contribution in [0.25, 0.3) is 0 Å². The summed E-state index contributed by atoms with van der Waals surface area (Å²) in [5, 5.41) is 3.42. The fourth-order valence-corrected chi connectivity index (χ4v) is 2.74. The molecule has 1 aliphatic heterocycles. The summed E-state index contributed by atoms with van der Waals surface area (Å²) in [7, 11) is 1.59. The number of nitrogens with zero attached hydrogens (tertiary/aromatic N) is 2. The van der Waals surface area contributed by atoms with Crippen molar-refractivity contribution >= 4 is 11.6 Å². The highest BCUT2D eigenvalue weighted by Gasteiger charge is 2.28. The van der Waals surface area contributed by atoms with Crippen molar-refractivity contribution < 1.29 is 9.53 Å². The third kappa shape index (κ3) is 3.03. The van der Waals surface area contributed by atoms with Gasteiger partial charge in [0.15, 0.2) is 0 Å². The first-order chi connectivity index (χ1) is 10.8. The summed E-state index contributed by atoms with van der Waals surface area (Å²) >= 11 is 0. The SMILES string of the molecule is COc1ccccc1C(=O)N1CCC(Nc2cccnc2)C1. The first-order valence-electron chi connectivity index (χ1n) is 7.37. The number of anilines is 1. The van der Waals surface area contributed by atoms with Crippen molar-refractivity contribution in [3.05, 3.63) is 54.4 Å². The van der Waals surface area contributed by atoms with Crippen LogP contribution in [0.1, 0.15) is 16.8 Å². The number of methoxy groups -OCH3 is 1. The average molecular weight is 297 g/mol. The minimum absolute atomic E-state index is 0.0212. The number of nitrogens with one attached hydrogen (secondary N) is 1. The Labute approximate surface area is 129 Å². The molecule has 1 saturated heterocycles. The predicted molar refractivity (Wildman–Crippen MR) is 85.2 cm³/mol. The van der Waals surface area contributed by atoms with Crippen molar-refractivity contribution in [1.82, 2.24) is 9.88 Å². The van der Waals surface area contributed by atoms with Gasteiger partial charge in [-0.3, -0.25) is 9.78 Å². The number of ether oxygens (including phenoxy) is 1. The van der Waals surface area contributed by atoms with Crippen LogP contribution < -0.4 is 10.1 Å². The zero-order chi connectivity index (χ0) is 15.4. The summed E-state index contributed by atoms with van der Waals surface area (Å²) < 4.78 is 5.28. The Balaban J connectivity index is 1.66. The van der Waals surface area contributed by atoms with Gasteiger partial charge in [0.1, 0.15) is 5.75 Å². The van der Waals surface area contributed by atoms with E-state index in [1.807, 2.05) is 41.3 Å². The van der Waals surface area contributed by atoms with E-state index in [9.17, 15) is 4.79 Å². The predicted octanol–water partition coefficient (Wildman–Crippen LogP) is 2.42. The maximum atomic E-state index is 12.6. The van der Waals surface area contributed by atoms with Crippen LogP contribution >= 0.6 is 0 Å². The van der Waals surface area contributed by atoms with Gasteiger partial charge in [0.2, 0.25) is 0 Å². The van der Waals surface area contributed by atoms with Crippen LogP contribution in [0.4, 0.5) is 5.69 Å². The van der Waals surface area contributed by atoms with E-state index >= 15 is 0 Å². The van der Waals surface area contributed by atoms with Gasteiger partial charge in [0.25, 0.3) is 5.91 Å². The van der Waals surface area contributed by atoms with Gasteiger partial charge in [0, 0.05) is 31.5 Å². The van der Waals surface area contributed by atoms with Crippen LogP contribution in [0.2, 0.25) is 0 Å². The fraction of sp³-hybridized carbons (Fsp3) is 0.294. The lowest BCUT2D eigenvalue weighted by molar-refractivity contribution is 0.0788. The fourth-order valence-electron chi connectivity index (χ4n) is 2.74. The molecule has 0 saturated carbocycles. The van der Waals surface area contributed by atoms with Crippen molar-refractivity contribution in [3.8, 4) is 5.75 Å².